The number of benzene rings is 4. The molecule has 7 nitrogen and oxygen atoms in total. The van der Waals surface area contributed by atoms with Crippen molar-refractivity contribution in [3.63, 3.8) is 0 Å². The molecule has 2 amide bonds. The molecule has 4 rings (SSSR count). The highest BCUT2D eigenvalue weighted by molar-refractivity contribution is 7.92. The Balaban J connectivity index is 1.82. The molecule has 0 radical (unpaired) electrons. The van der Waals surface area contributed by atoms with Crippen molar-refractivity contribution in [3.8, 4) is 0 Å². The smallest absolute Gasteiger partial charge is 0.264 e. The minimum atomic E-state index is -4.29. The maximum Gasteiger partial charge on any atom is 0.264 e. The molecule has 0 aliphatic heterocycles. The van der Waals surface area contributed by atoms with E-state index in [0.29, 0.717) is 13.0 Å². The Morgan fingerprint density at radius 3 is 2.07 bits per heavy atom. The third kappa shape index (κ3) is 8.87. The summed E-state index contributed by atoms with van der Waals surface area (Å²) in [5.74, 6) is -0.898. The van der Waals surface area contributed by atoms with E-state index in [0.717, 1.165) is 26.6 Å². The zero-order chi connectivity index (χ0) is 32.6. The minimum Gasteiger partial charge on any atom is -0.354 e. The van der Waals surface area contributed by atoms with Gasteiger partial charge in [-0.1, -0.05) is 108 Å². The standard InChI is InChI=1S/C35H37Cl2N3O4S/c1-4-20-38-35(42)33(21-27-8-6-5-7-9-27)39(23-28-14-10-25(2)11-15-28)34(41)24-40(32-22-29(36)16-19-31(32)37)45(43,44)30-17-12-26(3)13-18-30/h5-19,22,33H,4,20-21,23-24H2,1-3H3,(H,38,42). The number of carbonyl (C=O) groups excluding carboxylic acids is 2. The number of anilines is 1. The van der Waals surface area contributed by atoms with Crippen molar-refractivity contribution in [1.29, 1.82) is 0 Å². The minimum absolute atomic E-state index is 0.0106. The Labute approximate surface area is 275 Å². The highest BCUT2D eigenvalue weighted by atomic mass is 35.5. The van der Waals surface area contributed by atoms with E-state index < -0.39 is 28.5 Å². The van der Waals surface area contributed by atoms with Crippen LogP contribution in [0.25, 0.3) is 0 Å². The van der Waals surface area contributed by atoms with Gasteiger partial charge in [-0.2, -0.15) is 0 Å². The molecule has 1 atom stereocenters. The molecule has 10 heteroatoms. The number of rotatable bonds is 13. The molecule has 0 aliphatic rings. The number of nitrogens with zero attached hydrogens (tertiary/aromatic N) is 2. The number of nitrogens with one attached hydrogen (secondary N) is 1. The normalized spacial score (nSPS) is 11.9. The van der Waals surface area contributed by atoms with Crippen molar-refractivity contribution in [2.45, 2.75) is 51.1 Å². The van der Waals surface area contributed by atoms with Crippen LogP contribution in [0.5, 0.6) is 0 Å². The van der Waals surface area contributed by atoms with Gasteiger partial charge in [-0.3, -0.25) is 13.9 Å². The van der Waals surface area contributed by atoms with E-state index in [2.05, 4.69) is 5.32 Å². The molecular weight excluding hydrogens is 629 g/mol. The predicted octanol–water partition coefficient (Wildman–Crippen LogP) is 6.97. The van der Waals surface area contributed by atoms with Crippen molar-refractivity contribution in [1.82, 2.24) is 10.2 Å². The van der Waals surface area contributed by atoms with Crippen LogP contribution in [0.2, 0.25) is 10.0 Å². The van der Waals surface area contributed by atoms with E-state index >= 15 is 0 Å². The molecule has 0 saturated carbocycles. The third-order valence-electron chi connectivity index (χ3n) is 7.36. The topological polar surface area (TPSA) is 86.8 Å². The fourth-order valence-corrected chi connectivity index (χ4v) is 6.70. The van der Waals surface area contributed by atoms with Crippen LogP contribution in [0.15, 0.2) is 102 Å². The van der Waals surface area contributed by atoms with Gasteiger partial charge in [0.2, 0.25) is 11.8 Å². The lowest BCUT2D eigenvalue weighted by molar-refractivity contribution is -0.140. The van der Waals surface area contributed by atoms with Crippen molar-refractivity contribution < 1.29 is 18.0 Å². The zero-order valence-electron chi connectivity index (χ0n) is 25.5. The fourth-order valence-electron chi connectivity index (χ4n) is 4.84. The molecule has 1 N–H and O–H groups in total. The molecule has 0 spiro atoms. The molecule has 45 heavy (non-hydrogen) atoms. The largest absolute Gasteiger partial charge is 0.354 e. The van der Waals surface area contributed by atoms with Gasteiger partial charge >= 0.3 is 0 Å². The second-order valence-corrected chi connectivity index (χ2v) is 13.6. The number of hydrogen-bond acceptors (Lipinski definition) is 4. The molecule has 4 aromatic carbocycles. The molecule has 1 unspecified atom stereocenters. The number of sulfonamides is 1. The van der Waals surface area contributed by atoms with Crippen LogP contribution >= 0.6 is 23.2 Å². The number of amides is 2. The quantitative estimate of drug-likeness (QED) is 0.167. The van der Waals surface area contributed by atoms with Crippen LogP contribution < -0.4 is 9.62 Å². The van der Waals surface area contributed by atoms with Crippen LogP contribution in [0.1, 0.15) is 35.6 Å². The summed E-state index contributed by atoms with van der Waals surface area (Å²) in [6, 6.07) is 27.0. The van der Waals surface area contributed by atoms with E-state index in [-0.39, 0.29) is 39.5 Å². The molecule has 0 aliphatic carbocycles. The third-order valence-corrected chi connectivity index (χ3v) is 9.69. The molecule has 0 bridgehead atoms. The first-order valence-electron chi connectivity index (χ1n) is 14.7. The van der Waals surface area contributed by atoms with Crippen LogP contribution in [-0.4, -0.2) is 44.3 Å². The maximum atomic E-state index is 14.5. The van der Waals surface area contributed by atoms with Crippen LogP contribution in [0.3, 0.4) is 0 Å². The number of hydrogen-bond donors (Lipinski definition) is 1. The number of halogens is 2. The van der Waals surface area contributed by atoms with E-state index in [1.54, 1.807) is 18.2 Å². The summed E-state index contributed by atoms with van der Waals surface area (Å²) in [6.07, 6.45) is 0.947. The Hall–Kier alpha value is -3.85. The first-order chi connectivity index (χ1) is 21.5. The van der Waals surface area contributed by atoms with Gasteiger partial charge in [-0.25, -0.2) is 8.42 Å². The number of aryl methyl sites for hydroxylation is 2. The molecule has 0 heterocycles. The lowest BCUT2D eigenvalue weighted by atomic mass is 10.0. The summed E-state index contributed by atoms with van der Waals surface area (Å²) >= 11 is 12.8. The first kappa shape index (κ1) is 34.0. The van der Waals surface area contributed by atoms with Crippen molar-refractivity contribution >= 4 is 50.7 Å². The molecule has 4 aromatic rings. The number of carbonyl (C=O) groups is 2. The van der Waals surface area contributed by atoms with Crippen molar-refractivity contribution in [3.05, 3.63) is 129 Å². The monoisotopic (exact) mass is 665 g/mol. The average Bonchev–Trinajstić information content (AvgIpc) is 3.03. The Kier molecular flexibility index (Phi) is 11.7. The van der Waals surface area contributed by atoms with E-state index in [4.69, 9.17) is 23.2 Å². The summed E-state index contributed by atoms with van der Waals surface area (Å²) in [5.41, 5.74) is 3.64. The SMILES string of the molecule is CCCNC(=O)C(Cc1ccccc1)N(Cc1ccc(C)cc1)C(=O)CN(c1cc(Cl)ccc1Cl)S(=O)(=O)c1ccc(C)cc1. The average molecular weight is 667 g/mol. The molecule has 0 saturated heterocycles. The van der Waals surface area contributed by atoms with E-state index in [1.807, 2.05) is 75.4 Å². The van der Waals surface area contributed by atoms with Gasteiger partial charge in [0.05, 0.1) is 15.6 Å². The Morgan fingerprint density at radius 2 is 1.44 bits per heavy atom. The van der Waals surface area contributed by atoms with Gasteiger partial charge in [0.1, 0.15) is 12.6 Å². The maximum absolute atomic E-state index is 14.5. The molecule has 236 valence electrons. The summed E-state index contributed by atoms with van der Waals surface area (Å²) in [6.45, 7) is 5.66. The summed E-state index contributed by atoms with van der Waals surface area (Å²) < 4.78 is 29.3. The predicted molar refractivity (Wildman–Crippen MR) is 181 cm³/mol. The first-order valence-corrected chi connectivity index (χ1v) is 16.9. The van der Waals surface area contributed by atoms with Crippen LogP contribution in [0.4, 0.5) is 5.69 Å². The van der Waals surface area contributed by atoms with Gasteiger partial charge in [0.15, 0.2) is 0 Å². The van der Waals surface area contributed by atoms with Crippen LogP contribution in [-0.2, 0) is 32.6 Å². The molecular formula is C35H37Cl2N3O4S. The van der Waals surface area contributed by atoms with Crippen molar-refractivity contribution in [2.24, 2.45) is 0 Å². The van der Waals surface area contributed by atoms with E-state index in [1.165, 1.54) is 29.2 Å². The lowest BCUT2D eigenvalue weighted by Crippen LogP contribution is -2.53. The second-order valence-electron chi connectivity index (χ2n) is 10.9. The molecule has 0 aromatic heterocycles. The molecule has 0 fully saturated rings. The summed E-state index contributed by atoms with van der Waals surface area (Å²) in [5, 5.41) is 3.30. The highest BCUT2D eigenvalue weighted by Crippen LogP contribution is 2.33. The van der Waals surface area contributed by atoms with Crippen molar-refractivity contribution in [2.75, 3.05) is 17.4 Å². The lowest BCUT2D eigenvalue weighted by Gasteiger charge is -2.34. The van der Waals surface area contributed by atoms with Gasteiger partial charge < -0.3 is 10.2 Å². The van der Waals surface area contributed by atoms with Gasteiger partial charge in [0, 0.05) is 24.5 Å². The Morgan fingerprint density at radius 1 is 0.822 bits per heavy atom. The van der Waals surface area contributed by atoms with Gasteiger partial charge in [-0.05, 0) is 61.7 Å². The second kappa shape index (κ2) is 15.4. The Bertz CT molecular complexity index is 1710. The van der Waals surface area contributed by atoms with Crippen LogP contribution in [0, 0.1) is 13.8 Å². The zero-order valence-corrected chi connectivity index (χ0v) is 27.9. The van der Waals surface area contributed by atoms with E-state index in [9.17, 15) is 18.0 Å². The fraction of sp³-hybridized carbons (Fsp3) is 0.257. The van der Waals surface area contributed by atoms with Gasteiger partial charge in [0.25, 0.3) is 10.0 Å². The summed E-state index contributed by atoms with van der Waals surface area (Å²) in [4.78, 5) is 29.7. The van der Waals surface area contributed by atoms with Gasteiger partial charge in [-0.15, -0.1) is 0 Å². The summed E-state index contributed by atoms with van der Waals surface area (Å²) in [7, 11) is -4.29. The highest BCUT2D eigenvalue weighted by Gasteiger charge is 2.35.